The molecule has 0 saturated heterocycles. The molecule has 0 radical (unpaired) electrons. The molecule has 1 aromatic heterocycles. The van der Waals surface area contributed by atoms with E-state index in [-0.39, 0.29) is 0 Å². The number of hydrogen-bond acceptors (Lipinski definition) is 1. The number of aromatic nitrogens is 1. The van der Waals surface area contributed by atoms with Gasteiger partial charge in [-0.15, -0.1) is 0 Å². The first-order valence-corrected chi connectivity index (χ1v) is 4.28. The van der Waals surface area contributed by atoms with Crippen LogP contribution >= 0.6 is 0 Å². The van der Waals surface area contributed by atoms with Crippen LogP contribution in [0, 0.1) is 6.92 Å². The Kier molecular flexibility index (Phi) is 5.02. The quantitative estimate of drug-likeness (QED) is 0.618. The highest BCUT2D eigenvalue weighted by atomic mass is 14.6. The number of aryl methyl sites for hydroxylation is 1. The van der Waals surface area contributed by atoms with Gasteiger partial charge in [0.05, 0.1) is 0 Å². The minimum atomic E-state index is 1.07. The van der Waals surface area contributed by atoms with Crippen molar-refractivity contribution in [2.24, 2.45) is 0 Å². The van der Waals surface area contributed by atoms with Crippen LogP contribution in [0.25, 0.3) is 5.57 Å². The topological polar surface area (TPSA) is 12.9 Å². The zero-order valence-corrected chi connectivity index (χ0v) is 8.39. The summed E-state index contributed by atoms with van der Waals surface area (Å²) in [5.74, 6) is 0. The fourth-order valence-corrected chi connectivity index (χ4v) is 0.911. The molecule has 0 amide bonds. The molecule has 1 nitrogen and oxygen atoms in total. The molecule has 0 atom stereocenters. The van der Waals surface area contributed by atoms with E-state index in [2.05, 4.69) is 18.5 Å². The smallest absolute Gasteiger partial charge is 0.0345 e. The van der Waals surface area contributed by atoms with Gasteiger partial charge in [-0.25, -0.2) is 0 Å². The summed E-state index contributed by atoms with van der Waals surface area (Å²) in [6.45, 7) is 11.9. The fourth-order valence-electron chi connectivity index (χ4n) is 0.911. The van der Waals surface area contributed by atoms with Crippen LogP contribution in [0.4, 0.5) is 0 Å². The zero-order chi connectivity index (χ0) is 9.56. The van der Waals surface area contributed by atoms with Crippen molar-refractivity contribution in [2.45, 2.75) is 27.7 Å². The number of hydrogen-bond donors (Lipinski definition) is 0. The van der Waals surface area contributed by atoms with Crippen molar-refractivity contribution in [3.63, 3.8) is 0 Å². The highest BCUT2D eigenvalue weighted by Crippen LogP contribution is 2.13. The normalized spacial score (nSPS) is 8.33. The number of nitrogens with zero attached hydrogens (tertiary/aromatic N) is 1. The predicted molar refractivity (Wildman–Crippen MR) is 55.0 cm³/mol. The third kappa shape index (κ3) is 2.87. The van der Waals surface area contributed by atoms with E-state index in [1.165, 1.54) is 5.56 Å². The largest absolute Gasteiger partial charge is 0.264 e. The first-order valence-electron chi connectivity index (χ1n) is 4.28. The number of rotatable bonds is 1. The van der Waals surface area contributed by atoms with Crippen molar-refractivity contribution in [1.29, 1.82) is 0 Å². The monoisotopic (exact) mass is 163 g/mol. The molecule has 0 N–H and O–H groups in total. The summed E-state index contributed by atoms with van der Waals surface area (Å²) in [6, 6.07) is 1.99. The van der Waals surface area contributed by atoms with Gasteiger partial charge < -0.3 is 0 Å². The molecule has 1 heterocycles. The van der Waals surface area contributed by atoms with Gasteiger partial charge in [0.25, 0.3) is 0 Å². The number of allylic oxidation sites excluding steroid dienone is 1. The van der Waals surface area contributed by atoms with Gasteiger partial charge in [-0.2, -0.15) is 0 Å². The lowest BCUT2D eigenvalue weighted by Gasteiger charge is -2.01. The molecule has 0 spiro atoms. The Morgan fingerprint density at radius 1 is 1.42 bits per heavy atom. The molecule has 1 rings (SSSR count). The maximum absolute atomic E-state index is 4.01. The SMILES string of the molecule is C=C(C)c1cnccc1C.CC. The molecule has 0 aliphatic rings. The van der Waals surface area contributed by atoms with Crippen molar-refractivity contribution in [3.8, 4) is 0 Å². The first kappa shape index (κ1) is 10.9. The van der Waals surface area contributed by atoms with E-state index in [1.807, 2.05) is 33.0 Å². The standard InChI is InChI=1S/C9H11N.C2H6/c1-7(2)9-6-10-5-4-8(9)3;1-2/h4-6H,1H2,2-3H3;1-2H3. The van der Waals surface area contributed by atoms with Crippen LogP contribution in [-0.4, -0.2) is 4.98 Å². The van der Waals surface area contributed by atoms with Gasteiger partial charge >= 0.3 is 0 Å². The van der Waals surface area contributed by atoms with Crippen LogP contribution in [0.5, 0.6) is 0 Å². The maximum atomic E-state index is 4.01. The van der Waals surface area contributed by atoms with Gasteiger partial charge in [-0.1, -0.05) is 20.4 Å². The van der Waals surface area contributed by atoms with Gasteiger partial charge in [0, 0.05) is 12.4 Å². The molecule has 0 unspecified atom stereocenters. The van der Waals surface area contributed by atoms with E-state index < -0.39 is 0 Å². The Labute approximate surface area is 75.2 Å². The maximum Gasteiger partial charge on any atom is 0.0345 e. The molecule has 12 heavy (non-hydrogen) atoms. The minimum Gasteiger partial charge on any atom is -0.264 e. The molecular formula is C11H17N. The Hall–Kier alpha value is -1.11. The van der Waals surface area contributed by atoms with Crippen LogP contribution in [-0.2, 0) is 0 Å². The average molecular weight is 163 g/mol. The van der Waals surface area contributed by atoms with Crippen LogP contribution in [0.3, 0.4) is 0 Å². The van der Waals surface area contributed by atoms with Crippen molar-refractivity contribution in [2.75, 3.05) is 0 Å². The van der Waals surface area contributed by atoms with Crippen molar-refractivity contribution >= 4 is 5.57 Å². The summed E-state index contributed by atoms with van der Waals surface area (Å²) in [6.07, 6.45) is 3.64. The summed E-state index contributed by atoms with van der Waals surface area (Å²) in [5.41, 5.74) is 3.47. The lowest BCUT2D eigenvalue weighted by Crippen LogP contribution is -1.84. The van der Waals surface area contributed by atoms with Gasteiger partial charge in [-0.05, 0) is 36.6 Å². The molecule has 0 aromatic carbocycles. The lowest BCUT2D eigenvalue weighted by atomic mass is 10.1. The van der Waals surface area contributed by atoms with Gasteiger partial charge in [0.1, 0.15) is 0 Å². The minimum absolute atomic E-state index is 1.07. The number of pyridine rings is 1. The second kappa shape index (κ2) is 5.53. The lowest BCUT2D eigenvalue weighted by molar-refractivity contribution is 1.26. The van der Waals surface area contributed by atoms with Gasteiger partial charge in [0.2, 0.25) is 0 Å². The Morgan fingerprint density at radius 3 is 2.33 bits per heavy atom. The second-order valence-corrected chi connectivity index (χ2v) is 2.47. The van der Waals surface area contributed by atoms with Crippen molar-refractivity contribution < 1.29 is 0 Å². The Balaban J connectivity index is 0.000000561. The second-order valence-electron chi connectivity index (χ2n) is 2.47. The average Bonchev–Trinajstić information content (AvgIpc) is 2.08. The summed E-state index contributed by atoms with van der Waals surface area (Å²) in [7, 11) is 0. The highest BCUT2D eigenvalue weighted by molar-refractivity contribution is 5.63. The van der Waals surface area contributed by atoms with Crippen LogP contribution < -0.4 is 0 Å². The molecule has 0 aliphatic carbocycles. The molecule has 0 aliphatic heterocycles. The summed E-state index contributed by atoms with van der Waals surface area (Å²) in [4.78, 5) is 4.01. The molecule has 1 aromatic rings. The van der Waals surface area contributed by atoms with Gasteiger partial charge in [0.15, 0.2) is 0 Å². The first-order chi connectivity index (χ1) is 5.72. The van der Waals surface area contributed by atoms with Crippen LogP contribution in [0.15, 0.2) is 25.0 Å². The van der Waals surface area contributed by atoms with Crippen LogP contribution in [0.1, 0.15) is 31.9 Å². The van der Waals surface area contributed by atoms with E-state index in [1.54, 1.807) is 6.20 Å². The molecule has 0 bridgehead atoms. The Morgan fingerprint density at radius 2 is 2.00 bits per heavy atom. The van der Waals surface area contributed by atoms with Crippen LogP contribution in [0.2, 0.25) is 0 Å². The molecular weight excluding hydrogens is 146 g/mol. The summed E-state index contributed by atoms with van der Waals surface area (Å²) >= 11 is 0. The third-order valence-corrected chi connectivity index (χ3v) is 1.50. The van der Waals surface area contributed by atoms with E-state index in [9.17, 15) is 0 Å². The molecule has 0 saturated carbocycles. The molecule has 66 valence electrons. The van der Waals surface area contributed by atoms with Crippen molar-refractivity contribution in [3.05, 3.63) is 36.2 Å². The Bertz CT molecular complexity index is 251. The predicted octanol–water partition coefficient (Wildman–Crippen LogP) is 3.45. The third-order valence-electron chi connectivity index (χ3n) is 1.50. The summed E-state index contributed by atoms with van der Waals surface area (Å²) < 4.78 is 0. The van der Waals surface area contributed by atoms with Gasteiger partial charge in [-0.3, -0.25) is 4.98 Å². The van der Waals surface area contributed by atoms with E-state index in [0.717, 1.165) is 11.1 Å². The fraction of sp³-hybridized carbons (Fsp3) is 0.364. The summed E-state index contributed by atoms with van der Waals surface area (Å²) in [5, 5.41) is 0. The molecule has 0 fully saturated rings. The zero-order valence-electron chi connectivity index (χ0n) is 8.39. The highest BCUT2D eigenvalue weighted by Gasteiger charge is 1.95. The van der Waals surface area contributed by atoms with E-state index >= 15 is 0 Å². The molecule has 1 heteroatoms. The van der Waals surface area contributed by atoms with Crippen molar-refractivity contribution in [1.82, 2.24) is 4.98 Å². The van der Waals surface area contributed by atoms with E-state index in [0.29, 0.717) is 0 Å². The van der Waals surface area contributed by atoms with E-state index in [4.69, 9.17) is 0 Å².